The second kappa shape index (κ2) is 11.1. The molecule has 2 aromatic rings. The van der Waals surface area contributed by atoms with E-state index in [2.05, 4.69) is 10.3 Å². The van der Waals surface area contributed by atoms with E-state index in [1.807, 2.05) is 23.6 Å². The molecule has 0 aliphatic carbocycles. The Bertz CT molecular complexity index is 684. The molecule has 0 aliphatic heterocycles. The summed E-state index contributed by atoms with van der Waals surface area (Å²) in [5.41, 5.74) is 1.89. The number of ether oxygens (including phenoxy) is 3. The van der Waals surface area contributed by atoms with E-state index in [-0.39, 0.29) is 5.91 Å². The van der Waals surface area contributed by atoms with E-state index in [4.69, 9.17) is 14.2 Å². The first-order valence-corrected chi connectivity index (χ1v) is 10.1. The van der Waals surface area contributed by atoms with Gasteiger partial charge in [0.15, 0.2) is 0 Å². The third-order valence-corrected chi connectivity index (χ3v) is 5.63. The third kappa shape index (κ3) is 6.86. The highest BCUT2D eigenvalue weighted by Crippen LogP contribution is 2.30. The summed E-state index contributed by atoms with van der Waals surface area (Å²) < 4.78 is 16.5. The predicted octanol–water partition coefficient (Wildman–Crippen LogP) is 3.15. The largest absolute Gasteiger partial charge is 0.497 e. The summed E-state index contributed by atoms with van der Waals surface area (Å²) in [6.45, 7) is 1.27. The van der Waals surface area contributed by atoms with Crippen LogP contribution in [0.3, 0.4) is 0 Å². The van der Waals surface area contributed by atoms with Crippen LogP contribution in [0.1, 0.15) is 17.7 Å². The standard InChI is InChI=1S/C18H24N2O4S2/c1-22-6-4-5-19-17(21)9-14-12-26-18(20-14)25-11-13-7-15(23-2)10-16(8-13)24-3/h7-8,10,12H,4-6,9,11H2,1-3H3,(H,19,21). The average Bonchev–Trinajstić information content (AvgIpc) is 3.10. The maximum absolute atomic E-state index is 11.9. The number of benzene rings is 1. The van der Waals surface area contributed by atoms with E-state index in [1.165, 1.54) is 0 Å². The molecule has 26 heavy (non-hydrogen) atoms. The SMILES string of the molecule is COCCCNC(=O)Cc1csc(SCc2cc(OC)cc(OC)c2)n1. The first-order chi connectivity index (χ1) is 12.6. The van der Waals surface area contributed by atoms with E-state index < -0.39 is 0 Å². The maximum Gasteiger partial charge on any atom is 0.226 e. The molecule has 1 heterocycles. The Kier molecular flexibility index (Phi) is 8.73. The Hall–Kier alpha value is -1.77. The molecule has 0 radical (unpaired) electrons. The van der Waals surface area contributed by atoms with E-state index in [0.29, 0.717) is 19.6 Å². The molecular formula is C18H24N2O4S2. The molecule has 6 nitrogen and oxygen atoms in total. The Balaban J connectivity index is 1.84. The first kappa shape index (κ1) is 20.5. The molecular weight excluding hydrogens is 372 g/mol. The van der Waals surface area contributed by atoms with Gasteiger partial charge in [-0.05, 0) is 24.1 Å². The maximum atomic E-state index is 11.9. The van der Waals surface area contributed by atoms with Crippen molar-refractivity contribution in [3.05, 3.63) is 34.8 Å². The van der Waals surface area contributed by atoms with Gasteiger partial charge in [-0.15, -0.1) is 11.3 Å². The molecule has 0 bridgehead atoms. The van der Waals surface area contributed by atoms with Gasteiger partial charge in [0.25, 0.3) is 0 Å². The molecule has 1 N–H and O–H groups in total. The summed E-state index contributed by atoms with van der Waals surface area (Å²) >= 11 is 3.18. The summed E-state index contributed by atoms with van der Waals surface area (Å²) in [5.74, 6) is 2.28. The van der Waals surface area contributed by atoms with Crippen molar-refractivity contribution < 1.29 is 19.0 Å². The number of thiazole rings is 1. The molecule has 2 rings (SSSR count). The lowest BCUT2D eigenvalue weighted by atomic mass is 10.2. The third-order valence-electron chi connectivity index (χ3n) is 3.49. The van der Waals surface area contributed by atoms with Crippen LogP contribution in [0.25, 0.3) is 0 Å². The van der Waals surface area contributed by atoms with Crippen molar-refractivity contribution in [1.82, 2.24) is 10.3 Å². The predicted molar refractivity (Wildman–Crippen MR) is 104 cm³/mol. The normalized spacial score (nSPS) is 10.6. The van der Waals surface area contributed by atoms with Gasteiger partial charge >= 0.3 is 0 Å². The van der Waals surface area contributed by atoms with E-state index in [0.717, 1.165) is 39.3 Å². The van der Waals surface area contributed by atoms with Crippen LogP contribution in [0.4, 0.5) is 0 Å². The molecule has 1 aromatic heterocycles. The summed E-state index contributed by atoms with van der Waals surface area (Å²) in [5, 5.41) is 4.80. The molecule has 0 spiro atoms. The van der Waals surface area contributed by atoms with E-state index >= 15 is 0 Å². The van der Waals surface area contributed by atoms with Gasteiger partial charge in [-0.1, -0.05) is 11.8 Å². The lowest BCUT2D eigenvalue weighted by molar-refractivity contribution is -0.120. The summed E-state index contributed by atoms with van der Waals surface area (Å²) in [6.07, 6.45) is 1.11. The minimum atomic E-state index is -0.0134. The van der Waals surface area contributed by atoms with Crippen LogP contribution in [0, 0.1) is 0 Å². The smallest absolute Gasteiger partial charge is 0.226 e. The number of amides is 1. The fourth-order valence-corrected chi connectivity index (χ4v) is 3.98. The van der Waals surface area contributed by atoms with Crippen molar-refractivity contribution in [2.75, 3.05) is 34.5 Å². The number of aromatic nitrogens is 1. The zero-order valence-corrected chi connectivity index (χ0v) is 16.9. The first-order valence-electron chi connectivity index (χ1n) is 8.19. The Morgan fingerprint density at radius 2 is 1.92 bits per heavy atom. The molecule has 8 heteroatoms. The van der Waals surface area contributed by atoms with Gasteiger partial charge in [0.05, 0.1) is 26.3 Å². The number of rotatable bonds is 11. The van der Waals surface area contributed by atoms with Crippen LogP contribution in [0.2, 0.25) is 0 Å². The molecule has 0 saturated carbocycles. The average molecular weight is 397 g/mol. The minimum Gasteiger partial charge on any atom is -0.497 e. The van der Waals surface area contributed by atoms with E-state index in [9.17, 15) is 4.79 Å². The van der Waals surface area contributed by atoms with Crippen LogP contribution >= 0.6 is 23.1 Å². The number of carbonyl (C=O) groups is 1. The number of thioether (sulfide) groups is 1. The van der Waals surface area contributed by atoms with Gasteiger partial charge in [0.1, 0.15) is 15.8 Å². The molecule has 0 atom stereocenters. The molecule has 1 aromatic carbocycles. The topological polar surface area (TPSA) is 69.7 Å². The van der Waals surface area contributed by atoms with Crippen LogP contribution < -0.4 is 14.8 Å². The van der Waals surface area contributed by atoms with Crippen LogP contribution in [-0.2, 0) is 21.7 Å². The zero-order valence-electron chi connectivity index (χ0n) is 15.2. The highest BCUT2D eigenvalue weighted by molar-refractivity contribution is 8.00. The number of methoxy groups -OCH3 is 3. The van der Waals surface area contributed by atoms with Crippen molar-refractivity contribution in [1.29, 1.82) is 0 Å². The quantitative estimate of drug-likeness (QED) is 0.465. The van der Waals surface area contributed by atoms with Gasteiger partial charge in [-0.3, -0.25) is 4.79 Å². The van der Waals surface area contributed by atoms with Gasteiger partial charge < -0.3 is 19.5 Å². The summed E-state index contributed by atoms with van der Waals surface area (Å²) in [7, 11) is 4.93. The van der Waals surface area contributed by atoms with E-state index in [1.54, 1.807) is 44.4 Å². The fourth-order valence-electron chi connectivity index (χ4n) is 2.20. The Morgan fingerprint density at radius 1 is 1.19 bits per heavy atom. The lowest BCUT2D eigenvalue weighted by Gasteiger charge is -2.07. The Morgan fingerprint density at radius 3 is 2.58 bits per heavy atom. The number of carbonyl (C=O) groups excluding carboxylic acids is 1. The Labute approximate surface area is 162 Å². The van der Waals surface area contributed by atoms with Crippen molar-refractivity contribution in [2.24, 2.45) is 0 Å². The van der Waals surface area contributed by atoms with Crippen molar-refractivity contribution in [3.63, 3.8) is 0 Å². The van der Waals surface area contributed by atoms with Gasteiger partial charge in [-0.25, -0.2) is 4.98 Å². The second-order valence-corrected chi connectivity index (χ2v) is 7.57. The van der Waals surface area contributed by atoms with Crippen molar-refractivity contribution in [3.8, 4) is 11.5 Å². The van der Waals surface area contributed by atoms with Crippen LogP contribution in [-0.4, -0.2) is 45.4 Å². The molecule has 142 valence electrons. The molecule has 0 aliphatic rings. The number of nitrogens with one attached hydrogen (secondary N) is 1. The molecule has 0 unspecified atom stereocenters. The molecule has 1 amide bonds. The number of hydrogen-bond donors (Lipinski definition) is 1. The number of hydrogen-bond acceptors (Lipinski definition) is 7. The summed E-state index contributed by atoms with van der Waals surface area (Å²) in [6, 6.07) is 5.82. The summed E-state index contributed by atoms with van der Waals surface area (Å²) in [4.78, 5) is 16.4. The van der Waals surface area contributed by atoms with Crippen LogP contribution in [0.5, 0.6) is 11.5 Å². The van der Waals surface area contributed by atoms with Crippen molar-refractivity contribution >= 4 is 29.0 Å². The highest BCUT2D eigenvalue weighted by Gasteiger charge is 2.09. The monoisotopic (exact) mass is 396 g/mol. The van der Waals surface area contributed by atoms with Gasteiger partial charge in [-0.2, -0.15) is 0 Å². The highest BCUT2D eigenvalue weighted by atomic mass is 32.2. The number of nitrogens with zero attached hydrogens (tertiary/aromatic N) is 1. The zero-order chi connectivity index (χ0) is 18.8. The van der Waals surface area contributed by atoms with Gasteiger partial charge in [0.2, 0.25) is 5.91 Å². The minimum absolute atomic E-state index is 0.0134. The van der Waals surface area contributed by atoms with Crippen LogP contribution in [0.15, 0.2) is 27.9 Å². The fraction of sp³-hybridized carbons (Fsp3) is 0.444. The van der Waals surface area contributed by atoms with Crippen molar-refractivity contribution in [2.45, 2.75) is 22.9 Å². The van der Waals surface area contributed by atoms with Gasteiger partial charge in [0, 0.05) is 37.5 Å². The molecule has 0 fully saturated rings. The molecule has 0 saturated heterocycles. The second-order valence-electron chi connectivity index (χ2n) is 5.49. The lowest BCUT2D eigenvalue weighted by Crippen LogP contribution is -2.26.